The molecule has 6 nitrogen and oxygen atoms in total. The lowest BCUT2D eigenvalue weighted by molar-refractivity contribution is 0.0744. The number of ether oxygens (including phenoxy) is 1. The predicted octanol–water partition coefficient (Wildman–Crippen LogP) is 3.04. The molecule has 2 heterocycles. The van der Waals surface area contributed by atoms with Crippen LogP contribution in [0.5, 0.6) is 5.75 Å². The molecule has 0 bridgehead atoms. The third-order valence-electron chi connectivity index (χ3n) is 5.43. The van der Waals surface area contributed by atoms with Crippen molar-refractivity contribution in [3.63, 3.8) is 0 Å². The van der Waals surface area contributed by atoms with E-state index in [-0.39, 0.29) is 11.9 Å². The van der Waals surface area contributed by atoms with E-state index in [0.29, 0.717) is 17.8 Å². The minimum Gasteiger partial charge on any atom is -0.497 e. The molecule has 1 aliphatic heterocycles. The molecule has 1 N–H and O–H groups in total. The van der Waals surface area contributed by atoms with Gasteiger partial charge in [-0.15, -0.1) is 0 Å². The van der Waals surface area contributed by atoms with E-state index in [1.165, 1.54) is 0 Å². The summed E-state index contributed by atoms with van der Waals surface area (Å²) in [5.74, 6) is 0.739. The lowest BCUT2D eigenvalue weighted by Gasteiger charge is -2.23. The normalized spacial score (nSPS) is 16.0. The van der Waals surface area contributed by atoms with Crippen LogP contribution < -0.4 is 10.1 Å². The molecule has 2 aromatic carbocycles. The van der Waals surface area contributed by atoms with Crippen molar-refractivity contribution in [2.45, 2.75) is 19.0 Å². The van der Waals surface area contributed by atoms with Gasteiger partial charge in [-0.3, -0.25) is 9.48 Å². The topological polar surface area (TPSA) is 59.4 Å². The number of carbonyl (C=O) groups excluding carboxylic acids is 1. The molecule has 0 saturated carbocycles. The van der Waals surface area contributed by atoms with E-state index in [1.54, 1.807) is 7.11 Å². The van der Waals surface area contributed by atoms with Crippen LogP contribution in [-0.4, -0.2) is 53.9 Å². The molecule has 1 atom stereocenters. The number of methoxy groups -OCH3 is 1. The van der Waals surface area contributed by atoms with Gasteiger partial charge in [0.2, 0.25) is 0 Å². The van der Waals surface area contributed by atoms with Crippen molar-refractivity contribution in [1.29, 1.82) is 0 Å². The van der Waals surface area contributed by atoms with Crippen LogP contribution in [0.4, 0.5) is 0 Å². The van der Waals surface area contributed by atoms with Crippen LogP contribution in [0, 0.1) is 0 Å². The van der Waals surface area contributed by atoms with Crippen LogP contribution in [0.15, 0.2) is 60.8 Å². The summed E-state index contributed by atoms with van der Waals surface area (Å²) in [4.78, 5) is 15.2. The zero-order chi connectivity index (χ0) is 20.2. The van der Waals surface area contributed by atoms with Gasteiger partial charge in [0, 0.05) is 31.4 Å². The molecule has 29 heavy (non-hydrogen) atoms. The minimum atomic E-state index is -0.00386. The van der Waals surface area contributed by atoms with Crippen LogP contribution in [0.3, 0.4) is 0 Å². The summed E-state index contributed by atoms with van der Waals surface area (Å²) in [7, 11) is 3.52. The fraction of sp³-hybridized carbons (Fsp3) is 0.304. The summed E-state index contributed by atoms with van der Waals surface area (Å²) < 4.78 is 7.22. The number of likely N-dealkylation sites (N-methyl/N-ethyl adjacent to an activating group) is 1. The molecule has 1 aromatic heterocycles. The molecular weight excluding hydrogens is 364 g/mol. The van der Waals surface area contributed by atoms with Gasteiger partial charge in [0.25, 0.3) is 5.91 Å². The smallest absolute Gasteiger partial charge is 0.257 e. The Bertz CT molecular complexity index is 978. The largest absolute Gasteiger partial charge is 0.497 e. The number of carbonyl (C=O) groups is 1. The first kappa shape index (κ1) is 19.2. The number of aromatic nitrogens is 2. The standard InChI is InChI=1S/C23H26N4O2/c1-26(19-11-12-24-14-19)23(28)21-16-27(15-17-7-4-3-5-8-17)25-22(21)18-9-6-10-20(13-18)29-2/h3-10,13,16,19,24H,11-12,14-15H2,1-2H3. The predicted molar refractivity (Wildman–Crippen MR) is 113 cm³/mol. The average molecular weight is 390 g/mol. The van der Waals surface area contributed by atoms with Gasteiger partial charge in [0.1, 0.15) is 11.4 Å². The zero-order valence-corrected chi connectivity index (χ0v) is 16.8. The highest BCUT2D eigenvalue weighted by Crippen LogP contribution is 2.27. The number of nitrogens with one attached hydrogen (secondary N) is 1. The van der Waals surface area contributed by atoms with E-state index in [9.17, 15) is 4.79 Å². The molecular formula is C23H26N4O2. The Morgan fingerprint density at radius 1 is 1.24 bits per heavy atom. The van der Waals surface area contributed by atoms with Crippen LogP contribution in [0.25, 0.3) is 11.3 Å². The molecule has 150 valence electrons. The third kappa shape index (κ3) is 4.17. The lowest BCUT2D eigenvalue weighted by atomic mass is 10.1. The van der Waals surface area contributed by atoms with E-state index < -0.39 is 0 Å². The molecule has 0 radical (unpaired) electrons. The second-order valence-corrected chi connectivity index (χ2v) is 7.37. The van der Waals surface area contributed by atoms with E-state index in [1.807, 2.05) is 65.3 Å². The van der Waals surface area contributed by atoms with Gasteiger partial charge in [0.15, 0.2) is 0 Å². The van der Waals surface area contributed by atoms with Crippen molar-refractivity contribution in [3.05, 3.63) is 71.9 Å². The molecule has 1 unspecified atom stereocenters. The van der Waals surface area contributed by atoms with Gasteiger partial charge < -0.3 is 15.0 Å². The highest BCUT2D eigenvalue weighted by atomic mass is 16.5. The van der Waals surface area contributed by atoms with E-state index in [4.69, 9.17) is 9.84 Å². The maximum Gasteiger partial charge on any atom is 0.257 e. The molecule has 1 amide bonds. The summed E-state index contributed by atoms with van der Waals surface area (Å²) in [5.41, 5.74) is 3.31. The Morgan fingerprint density at radius 2 is 2.07 bits per heavy atom. The molecule has 1 fully saturated rings. The first-order chi connectivity index (χ1) is 14.2. The fourth-order valence-corrected chi connectivity index (χ4v) is 3.74. The SMILES string of the molecule is COc1cccc(-c2nn(Cc3ccccc3)cc2C(=O)N(C)C2CCNC2)c1. The second-order valence-electron chi connectivity index (χ2n) is 7.37. The summed E-state index contributed by atoms with van der Waals surface area (Å²) in [6.07, 6.45) is 2.83. The second kappa shape index (κ2) is 8.49. The van der Waals surface area contributed by atoms with Crippen molar-refractivity contribution in [2.75, 3.05) is 27.2 Å². The maximum atomic E-state index is 13.4. The number of nitrogens with zero attached hydrogens (tertiary/aromatic N) is 3. The third-order valence-corrected chi connectivity index (χ3v) is 5.43. The van der Waals surface area contributed by atoms with Gasteiger partial charge in [0.05, 0.1) is 19.2 Å². The van der Waals surface area contributed by atoms with Crippen molar-refractivity contribution >= 4 is 5.91 Å². The molecule has 3 aromatic rings. The molecule has 6 heteroatoms. The Kier molecular flexibility index (Phi) is 5.62. The lowest BCUT2D eigenvalue weighted by Crippen LogP contribution is -2.38. The average Bonchev–Trinajstić information content (AvgIpc) is 3.44. The van der Waals surface area contributed by atoms with Gasteiger partial charge in [-0.2, -0.15) is 5.10 Å². The number of rotatable bonds is 6. The highest BCUT2D eigenvalue weighted by molar-refractivity contribution is 6.00. The number of hydrogen-bond donors (Lipinski definition) is 1. The van der Waals surface area contributed by atoms with E-state index >= 15 is 0 Å². The van der Waals surface area contributed by atoms with Crippen LogP contribution in [0.1, 0.15) is 22.3 Å². The molecule has 4 rings (SSSR count). The summed E-state index contributed by atoms with van der Waals surface area (Å²) >= 11 is 0. The van der Waals surface area contributed by atoms with Gasteiger partial charge >= 0.3 is 0 Å². The van der Waals surface area contributed by atoms with Crippen LogP contribution in [-0.2, 0) is 6.54 Å². The van der Waals surface area contributed by atoms with Gasteiger partial charge in [-0.1, -0.05) is 42.5 Å². The Balaban J connectivity index is 1.71. The van der Waals surface area contributed by atoms with E-state index in [0.717, 1.165) is 36.4 Å². The molecule has 0 aliphatic carbocycles. The Hall–Kier alpha value is -3.12. The van der Waals surface area contributed by atoms with Crippen molar-refractivity contribution < 1.29 is 9.53 Å². The number of amides is 1. The van der Waals surface area contributed by atoms with Crippen molar-refractivity contribution in [3.8, 4) is 17.0 Å². The molecule has 1 saturated heterocycles. The number of benzene rings is 2. The highest BCUT2D eigenvalue weighted by Gasteiger charge is 2.27. The van der Waals surface area contributed by atoms with Gasteiger partial charge in [-0.25, -0.2) is 0 Å². The minimum absolute atomic E-state index is 0.00386. The Labute approximate surface area is 171 Å². The quantitative estimate of drug-likeness (QED) is 0.703. The summed E-state index contributed by atoms with van der Waals surface area (Å²) in [6.45, 7) is 2.38. The monoisotopic (exact) mass is 390 g/mol. The van der Waals surface area contributed by atoms with Crippen molar-refractivity contribution in [2.24, 2.45) is 0 Å². The van der Waals surface area contributed by atoms with E-state index in [2.05, 4.69) is 17.4 Å². The summed E-state index contributed by atoms with van der Waals surface area (Å²) in [5, 5.41) is 8.11. The maximum absolute atomic E-state index is 13.4. The molecule has 0 spiro atoms. The molecule has 1 aliphatic rings. The van der Waals surface area contributed by atoms with Gasteiger partial charge in [-0.05, 0) is 30.7 Å². The number of hydrogen-bond acceptors (Lipinski definition) is 4. The first-order valence-corrected chi connectivity index (χ1v) is 9.89. The van der Waals surface area contributed by atoms with Crippen LogP contribution >= 0.6 is 0 Å². The first-order valence-electron chi connectivity index (χ1n) is 9.89. The summed E-state index contributed by atoms with van der Waals surface area (Å²) in [6, 6.07) is 18.0. The fourth-order valence-electron chi connectivity index (χ4n) is 3.74. The Morgan fingerprint density at radius 3 is 2.79 bits per heavy atom. The van der Waals surface area contributed by atoms with Crippen LogP contribution in [0.2, 0.25) is 0 Å². The zero-order valence-electron chi connectivity index (χ0n) is 16.8. The van der Waals surface area contributed by atoms with Crippen molar-refractivity contribution in [1.82, 2.24) is 20.0 Å².